The Morgan fingerprint density at radius 3 is 2.63 bits per heavy atom. The summed E-state index contributed by atoms with van der Waals surface area (Å²) < 4.78 is 1.70. The van der Waals surface area contributed by atoms with E-state index in [4.69, 9.17) is 17.3 Å². The molecule has 3 heterocycles. The molecule has 9 heteroatoms. The van der Waals surface area contributed by atoms with Crippen LogP contribution in [0, 0.1) is 11.3 Å². The van der Waals surface area contributed by atoms with E-state index >= 15 is 0 Å². The molecule has 3 aromatic heterocycles. The van der Waals surface area contributed by atoms with Crippen molar-refractivity contribution in [2.45, 2.75) is 19.9 Å². The molecule has 30 heavy (non-hydrogen) atoms. The second-order valence-electron chi connectivity index (χ2n) is 6.61. The first kappa shape index (κ1) is 19.5. The molecule has 8 nitrogen and oxygen atoms in total. The van der Waals surface area contributed by atoms with E-state index in [9.17, 15) is 5.26 Å². The van der Waals surface area contributed by atoms with Gasteiger partial charge in [-0.25, -0.2) is 14.6 Å². The highest BCUT2D eigenvalue weighted by Gasteiger charge is 2.12. The van der Waals surface area contributed by atoms with Crippen molar-refractivity contribution in [3.8, 4) is 28.7 Å². The van der Waals surface area contributed by atoms with Crippen LogP contribution in [-0.2, 0) is 13.0 Å². The SMILES string of the molecule is CCc1cccc(Cn2cc(-c3cc(-c4cc(Cl)cc(C#N)c4)nc(N)n3)nn2)n1. The number of pyridine rings is 1. The molecule has 0 bridgehead atoms. The van der Waals surface area contributed by atoms with Crippen molar-refractivity contribution < 1.29 is 0 Å². The maximum absolute atomic E-state index is 9.19. The van der Waals surface area contributed by atoms with Crippen molar-refractivity contribution in [3.05, 3.63) is 70.6 Å². The van der Waals surface area contributed by atoms with Crippen LogP contribution >= 0.6 is 11.6 Å². The van der Waals surface area contributed by atoms with Gasteiger partial charge in [-0.15, -0.1) is 5.10 Å². The fourth-order valence-electron chi connectivity index (χ4n) is 3.02. The fourth-order valence-corrected chi connectivity index (χ4v) is 3.26. The molecule has 4 rings (SSSR count). The molecule has 0 fully saturated rings. The second kappa shape index (κ2) is 8.27. The Balaban J connectivity index is 1.65. The lowest BCUT2D eigenvalue weighted by Gasteiger charge is -2.06. The number of nitrogen functional groups attached to an aromatic ring is 1. The van der Waals surface area contributed by atoms with E-state index in [1.807, 2.05) is 18.2 Å². The third-order valence-corrected chi connectivity index (χ3v) is 4.64. The number of hydrogen-bond donors (Lipinski definition) is 1. The summed E-state index contributed by atoms with van der Waals surface area (Å²) >= 11 is 6.12. The molecule has 148 valence electrons. The van der Waals surface area contributed by atoms with E-state index in [2.05, 4.69) is 38.3 Å². The molecule has 0 aliphatic carbocycles. The van der Waals surface area contributed by atoms with Crippen LogP contribution in [0.1, 0.15) is 23.9 Å². The Labute approximate surface area is 178 Å². The minimum atomic E-state index is 0.0906. The number of aryl methyl sites for hydroxylation is 1. The Morgan fingerprint density at radius 1 is 1.03 bits per heavy atom. The number of nitrogens with two attached hydrogens (primary N) is 1. The van der Waals surface area contributed by atoms with Gasteiger partial charge in [0.15, 0.2) is 0 Å². The monoisotopic (exact) mass is 416 g/mol. The minimum Gasteiger partial charge on any atom is -0.368 e. The van der Waals surface area contributed by atoms with Crippen molar-refractivity contribution in [1.82, 2.24) is 29.9 Å². The number of nitriles is 1. The Hall–Kier alpha value is -3.83. The van der Waals surface area contributed by atoms with E-state index < -0.39 is 0 Å². The van der Waals surface area contributed by atoms with E-state index in [0.717, 1.165) is 17.8 Å². The highest BCUT2D eigenvalue weighted by atomic mass is 35.5. The van der Waals surface area contributed by atoms with E-state index in [-0.39, 0.29) is 5.95 Å². The topological polar surface area (TPSA) is 119 Å². The van der Waals surface area contributed by atoms with E-state index in [1.54, 1.807) is 35.1 Å². The number of rotatable bonds is 5. The Bertz CT molecular complexity index is 1260. The molecule has 4 aromatic rings. The fraction of sp³-hybridized carbons (Fsp3) is 0.143. The minimum absolute atomic E-state index is 0.0906. The molecule has 0 radical (unpaired) electrons. The summed E-state index contributed by atoms with van der Waals surface area (Å²) in [6.07, 6.45) is 2.65. The average Bonchev–Trinajstić information content (AvgIpc) is 3.21. The molecule has 0 saturated heterocycles. The van der Waals surface area contributed by atoms with Gasteiger partial charge in [0.25, 0.3) is 0 Å². The third kappa shape index (κ3) is 4.26. The predicted molar refractivity (Wildman–Crippen MR) is 113 cm³/mol. The van der Waals surface area contributed by atoms with Gasteiger partial charge < -0.3 is 5.73 Å². The van der Waals surface area contributed by atoms with Crippen LogP contribution in [-0.4, -0.2) is 29.9 Å². The first-order valence-corrected chi connectivity index (χ1v) is 9.63. The number of anilines is 1. The molecule has 0 amide bonds. The summed E-state index contributed by atoms with van der Waals surface area (Å²) in [6, 6.07) is 14.8. The van der Waals surface area contributed by atoms with Gasteiger partial charge in [0.1, 0.15) is 5.69 Å². The van der Waals surface area contributed by atoms with Gasteiger partial charge in [-0.05, 0) is 42.8 Å². The maximum Gasteiger partial charge on any atom is 0.221 e. The number of aromatic nitrogens is 6. The van der Waals surface area contributed by atoms with Crippen molar-refractivity contribution in [2.24, 2.45) is 0 Å². The third-order valence-electron chi connectivity index (χ3n) is 4.42. The summed E-state index contributed by atoms with van der Waals surface area (Å²) in [6.45, 7) is 2.56. The van der Waals surface area contributed by atoms with Crippen molar-refractivity contribution >= 4 is 17.5 Å². The summed E-state index contributed by atoms with van der Waals surface area (Å²) in [5, 5.41) is 18.0. The average molecular weight is 417 g/mol. The van der Waals surface area contributed by atoms with E-state index in [1.165, 1.54) is 0 Å². The molecule has 0 saturated carbocycles. The zero-order valence-electron chi connectivity index (χ0n) is 16.1. The summed E-state index contributed by atoms with van der Waals surface area (Å²) in [5.74, 6) is 0.0906. The van der Waals surface area contributed by atoms with Crippen LogP contribution < -0.4 is 5.73 Å². The highest BCUT2D eigenvalue weighted by molar-refractivity contribution is 6.31. The van der Waals surface area contributed by atoms with Crippen LogP contribution in [0.15, 0.2) is 48.7 Å². The number of halogens is 1. The normalized spacial score (nSPS) is 10.7. The van der Waals surface area contributed by atoms with Gasteiger partial charge in [0.2, 0.25) is 5.95 Å². The van der Waals surface area contributed by atoms with Crippen LogP contribution in [0.5, 0.6) is 0 Å². The van der Waals surface area contributed by atoms with Crippen LogP contribution in [0.25, 0.3) is 22.6 Å². The molecule has 0 spiro atoms. The van der Waals surface area contributed by atoms with Crippen molar-refractivity contribution in [1.29, 1.82) is 5.26 Å². The number of hydrogen-bond acceptors (Lipinski definition) is 7. The summed E-state index contributed by atoms with van der Waals surface area (Å²) in [7, 11) is 0. The molecule has 0 aliphatic heterocycles. The number of benzene rings is 1. The van der Waals surface area contributed by atoms with Gasteiger partial charge in [-0.1, -0.05) is 29.8 Å². The second-order valence-corrected chi connectivity index (χ2v) is 7.05. The molecular formula is C21H17ClN8. The lowest BCUT2D eigenvalue weighted by Crippen LogP contribution is -2.03. The highest BCUT2D eigenvalue weighted by Crippen LogP contribution is 2.26. The molecule has 2 N–H and O–H groups in total. The number of nitrogens with zero attached hydrogens (tertiary/aromatic N) is 7. The van der Waals surface area contributed by atoms with Crippen molar-refractivity contribution in [2.75, 3.05) is 5.73 Å². The van der Waals surface area contributed by atoms with Gasteiger partial charge in [-0.3, -0.25) is 4.98 Å². The quantitative estimate of drug-likeness (QED) is 0.528. The Kier molecular flexibility index (Phi) is 5.37. The van der Waals surface area contributed by atoms with Gasteiger partial charge >= 0.3 is 0 Å². The first-order chi connectivity index (χ1) is 14.5. The summed E-state index contributed by atoms with van der Waals surface area (Å²) in [5.41, 5.74) is 10.6. The van der Waals surface area contributed by atoms with Gasteiger partial charge in [0, 0.05) is 16.3 Å². The van der Waals surface area contributed by atoms with E-state index in [0.29, 0.717) is 39.8 Å². The van der Waals surface area contributed by atoms with Crippen LogP contribution in [0.2, 0.25) is 5.02 Å². The smallest absolute Gasteiger partial charge is 0.221 e. The van der Waals surface area contributed by atoms with Crippen LogP contribution in [0.4, 0.5) is 5.95 Å². The summed E-state index contributed by atoms with van der Waals surface area (Å²) in [4.78, 5) is 13.1. The molecule has 0 aliphatic rings. The van der Waals surface area contributed by atoms with Gasteiger partial charge in [-0.2, -0.15) is 5.26 Å². The van der Waals surface area contributed by atoms with Gasteiger partial charge in [0.05, 0.1) is 41.5 Å². The molecule has 0 atom stereocenters. The standard InChI is InChI=1S/C21H17ClN8/c1-2-16-4-3-5-17(25-16)11-30-12-20(28-29-30)19-9-18(26-21(24)27-19)14-6-13(10-23)7-15(22)8-14/h3-9,12H,2,11H2,1H3,(H2,24,26,27). The molecule has 1 aromatic carbocycles. The van der Waals surface area contributed by atoms with Crippen molar-refractivity contribution in [3.63, 3.8) is 0 Å². The maximum atomic E-state index is 9.19. The molecular weight excluding hydrogens is 400 g/mol. The molecule has 0 unspecified atom stereocenters. The lowest BCUT2D eigenvalue weighted by molar-refractivity contribution is 0.636. The van der Waals surface area contributed by atoms with Crippen LogP contribution in [0.3, 0.4) is 0 Å². The zero-order valence-corrected chi connectivity index (χ0v) is 16.9. The Morgan fingerprint density at radius 2 is 1.83 bits per heavy atom. The predicted octanol–water partition coefficient (Wildman–Crippen LogP) is 3.52. The first-order valence-electron chi connectivity index (χ1n) is 9.25. The zero-order chi connectivity index (χ0) is 21.1. The lowest BCUT2D eigenvalue weighted by atomic mass is 10.1. The largest absolute Gasteiger partial charge is 0.368 e.